The summed E-state index contributed by atoms with van der Waals surface area (Å²) in [6.07, 6.45) is 0. The molecule has 1 rings (SSSR count). The molecule has 108 valence electrons. The molecule has 0 spiro atoms. The molecule has 0 bridgehead atoms. The summed E-state index contributed by atoms with van der Waals surface area (Å²) in [6, 6.07) is 9.34. The second-order valence-electron chi connectivity index (χ2n) is 5.33. The van der Waals surface area contributed by atoms with E-state index >= 15 is 0 Å². The van der Waals surface area contributed by atoms with Crippen LogP contribution >= 0.6 is 15.9 Å². The third-order valence-corrected chi connectivity index (χ3v) is 3.92. The monoisotopic (exact) mass is 337 g/mol. The van der Waals surface area contributed by atoms with Gasteiger partial charge >= 0.3 is 0 Å². The molecule has 0 saturated carbocycles. The van der Waals surface area contributed by atoms with E-state index in [0.717, 1.165) is 10.2 Å². The van der Waals surface area contributed by atoms with Gasteiger partial charge < -0.3 is 10.6 Å². The average molecular weight is 338 g/mol. The van der Waals surface area contributed by atoms with Crippen LogP contribution in [0, 0.1) is 17.2 Å². The van der Waals surface area contributed by atoms with Crippen LogP contribution in [0.4, 0.5) is 5.69 Å². The van der Waals surface area contributed by atoms with E-state index in [1.54, 1.807) is 13.8 Å². The van der Waals surface area contributed by atoms with Crippen molar-refractivity contribution in [2.24, 2.45) is 5.92 Å². The third-order valence-electron chi connectivity index (χ3n) is 3.39. The maximum atomic E-state index is 12.2. The van der Waals surface area contributed by atoms with Gasteiger partial charge in [-0.15, -0.1) is 0 Å². The Hall–Kier alpha value is -1.54. The number of nitrogens with one attached hydrogen (secondary N) is 2. The number of hydrogen-bond acceptors (Lipinski definition) is 3. The number of nitriles is 1. The van der Waals surface area contributed by atoms with Gasteiger partial charge in [0, 0.05) is 10.2 Å². The molecule has 0 aliphatic heterocycles. The molecule has 1 aromatic carbocycles. The molecule has 0 aliphatic carbocycles. The van der Waals surface area contributed by atoms with E-state index in [2.05, 4.69) is 32.6 Å². The molecule has 0 aromatic heterocycles. The molecule has 1 amide bonds. The number of carbonyl (C=O) groups excluding carboxylic acids is 1. The molecule has 0 radical (unpaired) electrons. The number of rotatable bonds is 5. The number of anilines is 1. The minimum atomic E-state index is -0.854. The first-order valence-corrected chi connectivity index (χ1v) is 7.33. The van der Waals surface area contributed by atoms with E-state index in [-0.39, 0.29) is 11.8 Å². The second-order valence-corrected chi connectivity index (χ2v) is 6.25. The predicted octanol–water partition coefficient (Wildman–Crippen LogP) is 3.30. The Bertz CT molecular complexity index is 507. The van der Waals surface area contributed by atoms with Crippen LogP contribution in [0.5, 0.6) is 0 Å². The lowest BCUT2D eigenvalue weighted by Gasteiger charge is -2.29. The first-order chi connectivity index (χ1) is 9.28. The Morgan fingerprint density at radius 3 is 2.30 bits per heavy atom. The summed E-state index contributed by atoms with van der Waals surface area (Å²) in [5.41, 5.74) is 0.00581. The number of halogens is 1. The van der Waals surface area contributed by atoms with E-state index in [0.29, 0.717) is 0 Å². The zero-order valence-corrected chi connectivity index (χ0v) is 13.8. The van der Waals surface area contributed by atoms with Crippen molar-refractivity contribution >= 4 is 27.5 Å². The maximum absolute atomic E-state index is 12.2. The molecule has 2 atom stereocenters. The summed E-state index contributed by atoms with van der Waals surface area (Å²) < 4.78 is 0.983. The van der Waals surface area contributed by atoms with Crippen LogP contribution in [0.25, 0.3) is 0 Å². The summed E-state index contributed by atoms with van der Waals surface area (Å²) in [6.45, 7) is 7.34. The average Bonchev–Trinajstić information content (AvgIpc) is 2.40. The lowest BCUT2D eigenvalue weighted by Crippen LogP contribution is -2.52. The van der Waals surface area contributed by atoms with Crippen LogP contribution in [0.1, 0.15) is 27.7 Å². The molecular weight excluding hydrogens is 318 g/mol. The van der Waals surface area contributed by atoms with Gasteiger partial charge in [0.2, 0.25) is 5.91 Å². The van der Waals surface area contributed by atoms with Gasteiger partial charge in [0.05, 0.1) is 6.07 Å². The summed E-state index contributed by atoms with van der Waals surface area (Å²) in [7, 11) is 0. The first-order valence-electron chi connectivity index (χ1n) is 6.54. The third kappa shape index (κ3) is 4.24. The van der Waals surface area contributed by atoms with Gasteiger partial charge in [0.25, 0.3) is 0 Å². The fourth-order valence-corrected chi connectivity index (χ4v) is 1.79. The second kappa shape index (κ2) is 6.76. The number of hydrogen-bond donors (Lipinski definition) is 2. The first kappa shape index (κ1) is 16.5. The Labute approximate surface area is 128 Å². The van der Waals surface area contributed by atoms with Crippen molar-refractivity contribution in [3.8, 4) is 6.07 Å². The van der Waals surface area contributed by atoms with Gasteiger partial charge in [-0.25, -0.2) is 0 Å². The van der Waals surface area contributed by atoms with Crippen LogP contribution in [0.2, 0.25) is 0 Å². The predicted molar refractivity (Wildman–Crippen MR) is 84.2 cm³/mol. The summed E-state index contributed by atoms with van der Waals surface area (Å²) in [5, 5.41) is 15.1. The molecule has 0 saturated heterocycles. The zero-order chi connectivity index (χ0) is 15.3. The Kier molecular flexibility index (Phi) is 5.58. The lowest BCUT2D eigenvalue weighted by atomic mass is 9.90. The van der Waals surface area contributed by atoms with Crippen LogP contribution < -0.4 is 10.6 Å². The highest BCUT2D eigenvalue weighted by Crippen LogP contribution is 2.17. The van der Waals surface area contributed by atoms with Gasteiger partial charge in [-0.3, -0.25) is 4.79 Å². The molecule has 20 heavy (non-hydrogen) atoms. The molecule has 2 N–H and O–H groups in total. The Balaban J connectivity index is 2.68. The molecular formula is C15H20BrN3O. The molecule has 0 aliphatic rings. The van der Waals surface area contributed by atoms with E-state index in [1.807, 2.05) is 38.1 Å². The maximum Gasteiger partial charge on any atom is 0.243 e. The van der Waals surface area contributed by atoms with Crippen LogP contribution in [-0.4, -0.2) is 17.5 Å². The van der Waals surface area contributed by atoms with Crippen molar-refractivity contribution < 1.29 is 4.79 Å². The number of nitrogens with zero attached hydrogens (tertiary/aromatic N) is 1. The Morgan fingerprint density at radius 2 is 1.85 bits per heavy atom. The highest BCUT2D eigenvalue weighted by Gasteiger charge is 2.31. The largest absolute Gasteiger partial charge is 0.374 e. The van der Waals surface area contributed by atoms with E-state index in [9.17, 15) is 10.1 Å². The molecule has 0 fully saturated rings. The van der Waals surface area contributed by atoms with E-state index < -0.39 is 11.6 Å². The van der Waals surface area contributed by atoms with Gasteiger partial charge in [-0.2, -0.15) is 5.26 Å². The fraction of sp³-hybridized carbons (Fsp3) is 0.467. The van der Waals surface area contributed by atoms with Crippen LogP contribution in [-0.2, 0) is 4.79 Å². The minimum Gasteiger partial charge on any atom is -0.374 e. The molecule has 0 heterocycles. The van der Waals surface area contributed by atoms with E-state index in [1.165, 1.54) is 0 Å². The van der Waals surface area contributed by atoms with Gasteiger partial charge in [-0.05, 0) is 44.0 Å². The highest BCUT2D eigenvalue weighted by molar-refractivity contribution is 9.10. The van der Waals surface area contributed by atoms with Crippen LogP contribution in [0.15, 0.2) is 28.7 Å². The van der Waals surface area contributed by atoms with Gasteiger partial charge in [-0.1, -0.05) is 29.8 Å². The molecule has 1 aromatic rings. The van der Waals surface area contributed by atoms with Gasteiger partial charge in [0.1, 0.15) is 11.6 Å². The lowest BCUT2D eigenvalue weighted by molar-refractivity contribution is -0.123. The Morgan fingerprint density at radius 1 is 1.30 bits per heavy atom. The van der Waals surface area contributed by atoms with Crippen LogP contribution in [0.3, 0.4) is 0 Å². The smallest absolute Gasteiger partial charge is 0.243 e. The SMILES string of the molecule is CC(Nc1ccc(Br)cc1)C(=O)NC(C)(C#N)C(C)C. The molecule has 5 heteroatoms. The summed E-state index contributed by atoms with van der Waals surface area (Å²) in [4.78, 5) is 12.2. The zero-order valence-electron chi connectivity index (χ0n) is 12.2. The topological polar surface area (TPSA) is 64.9 Å². The number of amides is 1. The fourth-order valence-electron chi connectivity index (χ4n) is 1.53. The number of carbonyl (C=O) groups is 1. The minimum absolute atomic E-state index is 0.0383. The van der Waals surface area contributed by atoms with Gasteiger partial charge in [0.15, 0.2) is 0 Å². The van der Waals surface area contributed by atoms with Crippen molar-refractivity contribution in [2.75, 3.05) is 5.32 Å². The van der Waals surface area contributed by atoms with Crippen molar-refractivity contribution in [2.45, 2.75) is 39.3 Å². The van der Waals surface area contributed by atoms with E-state index in [4.69, 9.17) is 0 Å². The summed E-state index contributed by atoms with van der Waals surface area (Å²) >= 11 is 3.36. The number of benzene rings is 1. The normalized spacial score (nSPS) is 15.1. The van der Waals surface area contributed by atoms with Crippen molar-refractivity contribution in [1.29, 1.82) is 5.26 Å². The van der Waals surface area contributed by atoms with Crippen molar-refractivity contribution in [3.05, 3.63) is 28.7 Å². The van der Waals surface area contributed by atoms with Crippen molar-refractivity contribution in [1.82, 2.24) is 5.32 Å². The molecule has 2 unspecified atom stereocenters. The standard InChI is InChI=1S/C15H20BrN3O/c1-10(2)15(4,9-17)19-14(20)11(3)18-13-7-5-12(16)6-8-13/h5-8,10-11,18H,1-4H3,(H,19,20). The quantitative estimate of drug-likeness (QED) is 0.866. The highest BCUT2D eigenvalue weighted by atomic mass is 79.9. The summed E-state index contributed by atoms with van der Waals surface area (Å²) in [5.74, 6) is -0.151. The molecule has 4 nitrogen and oxygen atoms in total. The van der Waals surface area contributed by atoms with Crippen molar-refractivity contribution in [3.63, 3.8) is 0 Å².